The lowest BCUT2D eigenvalue weighted by atomic mass is 10.00. The summed E-state index contributed by atoms with van der Waals surface area (Å²) in [4.78, 5) is 25.5. The highest BCUT2D eigenvalue weighted by atomic mass is 32.2. The average molecular weight is 909 g/mol. The number of unbranched alkanes of at least 4 members (excludes halogenated alkanes) is 15. The van der Waals surface area contributed by atoms with Crippen LogP contribution < -0.4 is 0 Å². The van der Waals surface area contributed by atoms with Gasteiger partial charge in [-0.2, -0.15) is 8.42 Å². The van der Waals surface area contributed by atoms with Crippen molar-refractivity contribution in [3.63, 3.8) is 0 Å². The molecule has 0 saturated carbocycles. The molecule has 1 fully saturated rings. The van der Waals surface area contributed by atoms with E-state index in [1.165, 1.54) is 44.9 Å². The van der Waals surface area contributed by atoms with E-state index in [-0.39, 0.29) is 19.4 Å². The number of carbonyl (C=O) groups excluding carboxylic acids is 2. The van der Waals surface area contributed by atoms with Gasteiger partial charge in [0.15, 0.2) is 12.4 Å². The summed E-state index contributed by atoms with van der Waals surface area (Å²) in [5.74, 6) is -2.03. The van der Waals surface area contributed by atoms with Crippen LogP contribution in [0.3, 0.4) is 0 Å². The Morgan fingerprint density at radius 1 is 0.556 bits per heavy atom. The molecular formula is C50H84O12S. The highest BCUT2D eigenvalue weighted by Gasteiger charge is 2.46. The molecule has 1 aliphatic rings. The number of carbonyl (C=O) groups is 2. The van der Waals surface area contributed by atoms with Crippen molar-refractivity contribution < 1.29 is 56.8 Å². The molecule has 1 aliphatic heterocycles. The van der Waals surface area contributed by atoms with Gasteiger partial charge in [-0.15, -0.1) is 0 Å². The molecule has 13 heteroatoms. The van der Waals surface area contributed by atoms with E-state index in [1.54, 1.807) is 0 Å². The Balaban J connectivity index is 2.44. The fraction of sp³-hybridized carbons (Fsp3) is 0.720. The zero-order valence-electron chi connectivity index (χ0n) is 38.7. The second-order valence-electron chi connectivity index (χ2n) is 16.4. The third kappa shape index (κ3) is 34.2. The fourth-order valence-corrected chi connectivity index (χ4v) is 7.51. The highest BCUT2D eigenvalue weighted by molar-refractivity contribution is 7.85. The average Bonchev–Trinajstić information content (AvgIpc) is 3.25. The van der Waals surface area contributed by atoms with Crippen LogP contribution in [0, 0.1) is 0 Å². The van der Waals surface area contributed by atoms with Gasteiger partial charge in [0.05, 0.1) is 6.61 Å². The van der Waals surface area contributed by atoms with E-state index in [9.17, 15) is 37.9 Å². The van der Waals surface area contributed by atoms with Crippen LogP contribution in [0.5, 0.6) is 0 Å². The van der Waals surface area contributed by atoms with Gasteiger partial charge in [-0.3, -0.25) is 14.1 Å². The summed E-state index contributed by atoms with van der Waals surface area (Å²) in [5, 5.41) is 30.9. The van der Waals surface area contributed by atoms with E-state index in [4.69, 9.17) is 18.9 Å². The molecule has 4 N–H and O–H groups in total. The summed E-state index contributed by atoms with van der Waals surface area (Å²) in [6, 6.07) is 0. The predicted octanol–water partition coefficient (Wildman–Crippen LogP) is 10.3. The molecular weight excluding hydrogens is 825 g/mol. The maximum absolute atomic E-state index is 12.8. The third-order valence-corrected chi connectivity index (χ3v) is 11.3. The Bertz CT molecular complexity index is 1440. The first kappa shape index (κ1) is 58.1. The molecule has 0 bridgehead atoms. The van der Waals surface area contributed by atoms with E-state index >= 15 is 0 Å². The minimum Gasteiger partial charge on any atom is -0.462 e. The van der Waals surface area contributed by atoms with Gasteiger partial charge in [-0.25, -0.2) is 0 Å². The Morgan fingerprint density at radius 2 is 1.00 bits per heavy atom. The number of hydrogen-bond acceptors (Lipinski definition) is 11. The zero-order chi connectivity index (χ0) is 46.2. The molecule has 1 saturated heterocycles. The molecule has 0 aromatic rings. The Labute approximate surface area is 380 Å². The number of ether oxygens (including phenoxy) is 4. The van der Waals surface area contributed by atoms with Gasteiger partial charge in [0.25, 0.3) is 10.1 Å². The normalized spacial score (nSPS) is 20.4. The number of aliphatic hydroxyl groups excluding tert-OH is 3. The second kappa shape index (κ2) is 39.5. The SMILES string of the molecule is CC/C=C\C/C=C\C/C=C\C/C=C\CCCCCCC(=O)OC(COC(=O)CCCCCCCCC/C=C\C/C=C\CCCCCC)COC1OC(CS(=O)(=O)O)C(O)C(O)C1O. The minimum atomic E-state index is -4.61. The van der Waals surface area contributed by atoms with Gasteiger partial charge in [-0.1, -0.05) is 151 Å². The van der Waals surface area contributed by atoms with Crippen LogP contribution in [0.2, 0.25) is 0 Å². The molecule has 63 heavy (non-hydrogen) atoms. The van der Waals surface area contributed by atoms with Gasteiger partial charge in [0, 0.05) is 12.8 Å². The van der Waals surface area contributed by atoms with Crippen LogP contribution in [0.1, 0.15) is 174 Å². The Morgan fingerprint density at radius 3 is 1.49 bits per heavy atom. The van der Waals surface area contributed by atoms with Crippen molar-refractivity contribution in [1.29, 1.82) is 0 Å². The molecule has 0 aromatic carbocycles. The first-order valence-electron chi connectivity index (χ1n) is 24.0. The number of rotatable bonds is 39. The first-order valence-corrected chi connectivity index (χ1v) is 25.6. The van der Waals surface area contributed by atoms with Crippen LogP contribution in [0.25, 0.3) is 0 Å². The van der Waals surface area contributed by atoms with Crippen molar-refractivity contribution in [2.24, 2.45) is 0 Å². The lowest BCUT2D eigenvalue weighted by molar-refractivity contribution is -0.297. The first-order chi connectivity index (χ1) is 30.5. The monoisotopic (exact) mass is 909 g/mol. The lowest BCUT2D eigenvalue weighted by Crippen LogP contribution is -2.60. The van der Waals surface area contributed by atoms with Crippen LogP contribution in [0.15, 0.2) is 72.9 Å². The number of aliphatic hydroxyl groups is 3. The smallest absolute Gasteiger partial charge is 0.306 e. The van der Waals surface area contributed by atoms with E-state index in [0.717, 1.165) is 89.9 Å². The third-order valence-electron chi connectivity index (χ3n) is 10.5. The molecule has 12 nitrogen and oxygen atoms in total. The van der Waals surface area contributed by atoms with Gasteiger partial charge in [0.1, 0.15) is 36.8 Å². The molecule has 1 heterocycles. The van der Waals surface area contributed by atoms with Crippen LogP contribution in [-0.4, -0.2) is 96.0 Å². The molecule has 6 unspecified atom stereocenters. The van der Waals surface area contributed by atoms with Gasteiger partial charge < -0.3 is 34.3 Å². The van der Waals surface area contributed by atoms with E-state index in [0.29, 0.717) is 12.8 Å². The van der Waals surface area contributed by atoms with Gasteiger partial charge in [-0.05, 0) is 83.5 Å². The molecule has 0 spiro atoms. The largest absolute Gasteiger partial charge is 0.462 e. The van der Waals surface area contributed by atoms with Gasteiger partial charge in [0.2, 0.25) is 0 Å². The van der Waals surface area contributed by atoms with Crippen LogP contribution >= 0.6 is 0 Å². The molecule has 6 atom stereocenters. The fourth-order valence-electron chi connectivity index (χ4n) is 6.81. The predicted molar refractivity (Wildman–Crippen MR) is 252 cm³/mol. The van der Waals surface area contributed by atoms with Gasteiger partial charge >= 0.3 is 11.9 Å². The van der Waals surface area contributed by atoms with Crippen LogP contribution in [0.4, 0.5) is 0 Å². The summed E-state index contributed by atoms with van der Waals surface area (Å²) < 4.78 is 54.1. The van der Waals surface area contributed by atoms with E-state index in [2.05, 4.69) is 86.8 Å². The standard InChI is InChI=1S/C50H84O12S/c1-3-5-7-9-11-13-15-17-19-21-23-24-26-28-30-32-34-36-38-45(51)59-40-43(41-60-50-49(55)48(54)47(53)44(62-50)42-63(56,57)58)61-46(52)39-37-35-33-31-29-27-25-22-20-18-16-14-12-10-8-6-4-2/h6,8,12-15,18-21,25,27,43-44,47-50,53-55H,3-5,7,9-11,16-17,22-24,26,28-42H2,1-2H3,(H,56,57,58)/b8-6-,14-12-,15-13-,20-18-,21-19-,27-25-. The topological polar surface area (TPSA) is 186 Å². The molecule has 1 rings (SSSR count). The van der Waals surface area contributed by atoms with Crippen molar-refractivity contribution in [2.75, 3.05) is 19.0 Å². The Hall–Kier alpha value is -2.91. The highest BCUT2D eigenvalue weighted by Crippen LogP contribution is 2.24. The van der Waals surface area contributed by atoms with Crippen molar-refractivity contribution in [1.82, 2.24) is 0 Å². The van der Waals surface area contributed by atoms with E-state index in [1.807, 2.05) is 0 Å². The summed E-state index contributed by atoms with van der Waals surface area (Å²) >= 11 is 0. The quantitative estimate of drug-likeness (QED) is 0.0198. The van der Waals surface area contributed by atoms with Crippen LogP contribution in [-0.2, 0) is 38.7 Å². The molecule has 0 aromatic heterocycles. The number of allylic oxidation sites excluding steroid dienone is 12. The molecule has 0 amide bonds. The minimum absolute atomic E-state index is 0.131. The Kier molecular flexibility index (Phi) is 36.4. The summed E-state index contributed by atoms with van der Waals surface area (Å²) in [6.07, 6.45) is 40.8. The van der Waals surface area contributed by atoms with Crippen molar-refractivity contribution in [2.45, 2.75) is 211 Å². The lowest BCUT2D eigenvalue weighted by Gasteiger charge is -2.40. The maximum Gasteiger partial charge on any atom is 0.306 e. The molecule has 0 radical (unpaired) electrons. The molecule has 0 aliphatic carbocycles. The van der Waals surface area contributed by atoms with Crippen molar-refractivity contribution >= 4 is 22.1 Å². The van der Waals surface area contributed by atoms with E-state index < -0.39 is 71.2 Å². The maximum atomic E-state index is 12.8. The number of hydrogen-bond donors (Lipinski definition) is 4. The van der Waals surface area contributed by atoms with Crippen molar-refractivity contribution in [3.8, 4) is 0 Å². The number of esters is 2. The van der Waals surface area contributed by atoms with Crippen molar-refractivity contribution in [3.05, 3.63) is 72.9 Å². The summed E-state index contributed by atoms with van der Waals surface area (Å²) in [6.45, 7) is 3.60. The summed E-state index contributed by atoms with van der Waals surface area (Å²) in [7, 11) is -4.61. The molecule has 362 valence electrons. The second-order valence-corrected chi connectivity index (χ2v) is 17.9. The summed E-state index contributed by atoms with van der Waals surface area (Å²) in [5.41, 5.74) is 0. The zero-order valence-corrected chi connectivity index (χ0v) is 39.5.